The van der Waals surface area contributed by atoms with Crippen LogP contribution in [0.5, 0.6) is 0 Å². The summed E-state index contributed by atoms with van der Waals surface area (Å²) in [5, 5.41) is 0. The van der Waals surface area contributed by atoms with Crippen LogP contribution < -0.4 is 0 Å². The average molecular weight is 362 g/mol. The molecule has 3 rings (SSSR count). The highest BCUT2D eigenvalue weighted by Gasteiger charge is 2.25. The fourth-order valence-electron chi connectivity index (χ4n) is 3.34. The molecule has 1 aliphatic heterocycles. The van der Waals surface area contributed by atoms with E-state index in [1.54, 1.807) is 4.90 Å². The molecular weight excluding hydrogens is 341 g/mol. The van der Waals surface area contributed by atoms with Crippen molar-refractivity contribution < 1.29 is 18.0 Å². The Hall–Kier alpha value is -2.34. The average Bonchev–Trinajstić information content (AvgIpc) is 2.87. The molecular formula is C20H21F3N2O. The van der Waals surface area contributed by atoms with Crippen molar-refractivity contribution in [2.75, 3.05) is 26.2 Å². The van der Waals surface area contributed by atoms with Crippen LogP contribution in [0.1, 0.15) is 35.3 Å². The summed E-state index contributed by atoms with van der Waals surface area (Å²) in [6.45, 7) is 4.28. The Kier molecular flexibility index (Phi) is 5.61. The van der Waals surface area contributed by atoms with Crippen molar-refractivity contribution in [2.24, 2.45) is 0 Å². The summed E-state index contributed by atoms with van der Waals surface area (Å²) in [5.41, 5.74) is 0.905. The molecule has 0 aliphatic carbocycles. The van der Waals surface area contributed by atoms with E-state index in [2.05, 4.69) is 4.90 Å². The van der Waals surface area contributed by atoms with Gasteiger partial charge in [0, 0.05) is 49.4 Å². The van der Waals surface area contributed by atoms with Gasteiger partial charge < -0.3 is 4.90 Å². The number of carbonyl (C=O) groups is 1. The second-order valence-electron chi connectivity index (χ2n) is 6.53. The lowest BCUT2D eigenvalue weighted by Crippen LogP contribution is -2.36. The monoisotopic (exact) mass is 362 g/mol. The van der Waals surface area contributed by atoms with E-state index in [0.717, 1.165) is 12.5 Å². The summed E-state index contributed by atoms with van der Waals surface area (Å²) in [7, 11) is 0. The maximum Gasteiger partial charge on any atom is 0.253 e. The van der Waals surface area contributed by atoms with Gasteiger partial charge in [-0.2, -0.15) is 0 Å². The van der Waals surface area contributed by atoms with Crippen LogP contribution in [-0.4, -0.2) is 41.9 Å². The first-order valence-electron chi connectivity index (χ1n) is 8.69. The Balaban J connectivity index is 1.67. The summed E-state index contributed by atoms with van der Waals surface area (Å²) >= 11 is 0. The zero-order valence-electron chi connectivity index (χ0n) is 14.6. The lowest BCUT2D eigenvalue weighted by atomic mass is 10.1. The highest BCUT2D eigenvalue weighted by atomic mass is 19.1. The summed E-state index contributed by atoms with van der Waals surface area (Å²) < 4.78 is 40.2. The molecule has 1 aliphatic rings. The lowest BCUT2D eigenvalue weighted by Gasteiger charge is -2.28. The third-order valence-corrected chi connectivity index (χ3v) is 4.87. The van der Waals surface area contributed by atoms with Gasteiger partial charge in [0.2, 0.25) is 0 Å². The fraction of sp³-hybridized carbons (Fsp3) is 0.350. The van der Waals surface area contributed by atoms with E-state index < -0.39 is 11.6 Å². The molecule has 138 valence electrons. The second-order valence-corrected chi connectivity index (χ2v) is 6.53. The Morgan fingerprint density at radius 2 is 1.62 bits per heavy atom. The lowest BCUT2D eigenvalue weighted by molar-refractivity contribution is 0.0758. The van der Waals surface area contributed by atoms with Crippen molar-refractivity contribution in [1.82, 2.24) is 9.80 Å². The normalized spacial score (nSPS) is 17.0. The van der Waals surface area contributed by atoms with Gasteiger partial charge in [0.25, 0.3) is 5.91 Å². The van der Waals surface area contributed by atoms with Crippen molar-refractivity contribution in [1.29, 1.82) is 0 Å². The number of hydrogen-bond acceptors (Lipinski definition) is 2. The van der Waals surface area contributed by atoms with Crippen LogP contribution in [0.2, 0.25) is 0 Å². The van der Waals surface area contributed by atoms with Crippen LogP contribution in [-0.2, 0) is 0 Å². The fourth-order valence-corrected chi connectivity index (χ4v) is 3.34. The summed E-state index contributed by atoms with van der Waals surface area (Å²) in [4.78, 5) is 16.4. The minimum atomic E-state index is -0.592. The number of hydrogen-bond donors (Lipinski definition) is 0. The van der Waals surface area contributed by atoms with Crippen molar-refractivity contribution in [2.45, 2.75) is 19.4 Å². The number of carbonyl (C=O) groups excluding carboxylic acids is 1. The summed E-state index contributed by atoms with van der Waals surface area (Å²) in [6.07, 6.45) is 0.750. The molecule has 3 nitrogen and oxygen atoms in total. The molecule has 1 fully saturated rings. The third kappa shape index (κ3) is 4.07. The Morgan fingerprint density at radius 1 is 0.923 bits per heavy atom. The quantitative estimate of drug-likeness (QED) is 0.824. The van der Waals surface area contributed by atoms with Crippen molar-refractivity contribution in [3.63, 3.8) is 0 Å². The van der Waals surface area contributed by atoms with E-state index in [1.807, 2.05) is 6.92 Å². The van der Waals surface area contributed by atoms with E-state index >= 15 is 0 Å². The zero-order valence-corrected chi connectivity index (χ0v) is 14.6. The van der Waals surface area contributed by atoms with Crippen LogP contribution in [0.4, 0.5) is 13.2 Å². The van der Waals surface area contributed by atoms with Gasteiger partial charge in [-0.15, -0.1) is 0 Å². The van der Waals surface area contributed by atoms with Crippen molar-refractivity contribution >= 4 is 5.91 Å². The molecule has 1 amide bonds. The molecule has 1 atom stereocenters. The number of rotatable bonds is 3. The molecule has 2 aromatic rings. The highest BCUT2D eigenvalue weighted by molar-refractivity contribution is 5.94. The number of nitrogens with zero attached hydrogens (tertiary/aromatic N) is 2. The molecule has 0 spiro atoms. The smallest absolute Gasteiger partial charge is 0.253 e. The van der Waals surface area contributed by atoms with Gasteiger partial charge in [0.05, 0.1) is 0 Å². The maximum absolute atomic E-state index is 14.1. The number of halogens is 3. The van der Waals surface area contributed by atoms with Crippen LogP contribution in [0.25, 0.3) is 0 Å². The van der Waals surface area contributed by atoms with Gasteiger partial charge in [0.15, 0.2) is 0 Å². The molecule has 2 aromatic carbocycles. The van der Waals surface area contributed by atoms with Gasteiger partial charge in [-0.1, -0.05) is 6.07 Å². The minimum Gasteiger partial charge on any atom is -0.337 e. The minimum absolute atomic E-state index is 0.132. The van der Waals surface area contributed by atoms with E-state index in [9.17, 15) is 18.0 Å². The van der Waals surface area contributed by atoms with E-state index in [0.29, 0.717) is 37.3 Å². The zero-order chi connectivity index (χ0) is 18.7. The van der Waals surface area contributed by atoms with E-state index in [-0.39, 0.29) is 17.8 Å². The van der Waals surface area contributed by atoms with E-state index in [1.165, 1.54) is 36.4 Å². The molecule has 0 saturated carbocycles. The SMILES string of the molecule is CC(c1ccc(F)cc1F)N1CCCN(C(=O)c2ccc(F)cc2)CC1. The Bertz CT molecular complexity index is 779. The molecule has 0 bridgehead atoms. The summed E-state index contributed by atoms with van der Waals surface area (Å²) in [5.74, 6) is -1.66. The molecule has 1 saturated heterocycles. The Labute approximate surface area is 151 Å². The van der Waals surface area contributed by atoms with E-state index in [4.69, 9.17) is 0 Å². The number of benzene rings is 2. The predicted molar refractivity (Wildman–Crippen MR) is 93.3 cm³/mol. The first kappa shape index (κ1) is 18.5. The first-order valence-corrected chi connectivity index (χ1v) is 8.69. The molecule has 1 heterocycles. The summed E-state index contributed by atoms with van der Waals surface area (Å²) in [6, 6.07) is 8.94. The van der Waals surface area contributed by atoms with Gasteiger partial charge in [-0.3, -0.25) is 9.69 Å². The van der Waals surface area contributed by atoms with Crippen LogP contribution in [0.3, 0.4) is 0 Å². The van der Waals surface area contributed by atoms with Gasteiger partial charge in [-0.05, 0) is 43.7 Å². The van der Waals surface area contributed by atoms with Crippen LogP contribution in [0.15, 0.2) is 42.5 Å². The Morgan fingerprint density at radius 3 is 2.31 bits per heavy atom. The number of amides is 1. The highest BCUT2D eigenvalue weighted by Crippen LogP contribution is 2.25. The largest absolute Gasteiger partial charge is 0.337 e. The van der Waals surface area contributed by atoms with Gasteiger partial charge in [0.1, 0.15) is 17.5 Å². The molecule has 0 radical (unpaired) electrons. The standard InChI is InChI=1S/C20H21F3N2O/c1-14(18-8-7-17(22)13-19(18)23)24-9-2-10-25(12-11-24)20(26)15-3-5-16(21)6-4-15/h3-8,13-14H,2,9-12H2,1H3. The predicted octanol–water partition coefficient (Wildman–Crippen LogP) is 4.01. The van der Waals surface area contributed by atoms with Crippen molar-refractivity contribution in [3.05, 3.63) is 71.0 Å². The van der Waals surface area contributed by atoms with Gasteiger partial charge in [-0.25, -0.2) is 13.2 Å². The molecule has 0 aromatic heterocycles. The topological polar surface area (TPSA) is 23.6 Å². The first-order chi connectivity index (χ1) is 12.5. The second kappa shape index (κ2) is 7.91. The molecule has 0 N–H and O–H groups in total. The maximum atomic E-state index is 14.1. The molecule has 26 heavy (non-hydrogen) atoms. The molecule has 1 unspecified atom stereocenters. The van der Waals surface area contributed by atoms with Crippen molar-refractivity contribution in [3.8, 4) is 0 Å². The van der Waals surface area contributed by atoms with Crippen LogP contribution in [0, 0.1) is 17.5 Å². The van der Waals surface area contributed by atoms with Gasteiger partial charge >= 0.3 is 0 Å². The van der Waals surface area contributed by atoms with Crippen LogP contribution >= 0.6 is 0 Å². The third-order valence-electron chi connectivity index (χ3n) is 4.87. The molecule has 6 heteroatoms.